The molecular formula is C104H82N2O2Si. The first-order valence-corrected chi connectivity index (χ1v) is 40.1. The molecule has 524 valence electrons. The van der Waals surface area contributed by atoms with E-state index in [0.717, 1.165) is 106 Å². The van der Waals surface area contributed by atoms with Crippen LogP contribution >= 0.6 is 0 Å². The molecule has 16 aromatic carbocycles. The minimum absolute atomic E-state index is 0.0452. The zero-order valence-corrected chi connectivity index (χ0v) is 63.4. The van der Waals surface area contributed by atoms with E-state index in [4.69, 9.17) is 8.83 Å². The van der Waals surface area contributed by atoms with Crippen LogP contribution in [-0.4, -0.2) is 8.07 Å². The summed E-state index contributed by atoms with van der Waals surface area (Å²) in [5.74, 6) is 0. The molecule has 0 saturated heterocycles. The third-order valence-electron chi connectivity index (χ3n) is 23.1. The summed E-state index contributed by atoms with van der Waals surface area (Å²) in [6.45, 7) is 15.9. The number of hydrogen-bond acceptors (Lipinski definition) is 4. The van der Waals surface area contributed by atoms with Gasteiger partial charge in [0.1, 0.15) is 22.3 Å². The zero-order chi connectivity index (χ0) is 73.8. The standard InChI is InChI=1S/C104H82N2O2Si/c1-69-43-45-70(46-44-69)85-39-25-41-89-92-65-78(58-63-97(92)107-100(85)89)105(76-53-49-72(50-54-76)102(2,3)4)80-57-62-91-94(67-80)104(74-27-13-8-14-28-74,75-29-15-9-16-30-75)95-68-96(87-37-23-24-38-88(87)99(91)95)106(77-55-51-73(52-56-77)103(5,6)7)79-59-64-98-93(66-79)90-42-26-40-86(101(90)108-98)71-47-60-84(61-48-71)109(81-31-17-10-18-32-81,82-33-19-11-20-34-82)83-35-21-12-22-36-83/h8-68H,1-7H3. The van der Waals surface area contributed by atoms with Gasteiger partial charge in [0.05, 0.1) is 11.1 Å². The van der Waals surface area contributed by atoms with Gasteiger partial charge < -0.3 is 18.6 Å². The van der Waals surface area contributed by atoms with E-state index in [1.807, 2.05) is 0 Å². The van der Waals surface area contributed by atoms with E-state index in [0.29, 0.717) is 0 Å². The van der Waals surface area contributed by atoms with Gasteiger partial charge in [-0.15, -0.1) is 0 Å². The fraction of sp³-hybridized carbons (Fsp3) is 0.0962. The normalized spacial score (nSPS) is 12.8. The molecule has 18 aromatic rings. The van der Waals surface area contributed by atoms with Crippen molar-refractivity contribution in [2.75, 3.05) is 9.80 Å². The number of para-hydroxylation sites is 2. The van der Waals surface area contributed by atoms with Gasteiger partial charge in [0.2, 0.25) is 0 Å². The molecule has 1 aliphatic rings. The van der Waals surface area contributed by atoms with Gasteiger partial charge in [-0.3, -0.25) is 0 Å². The van der Waals surface area contributed by atoms with Crippen molar-refractivity contribution in [3.05, 3.63) is 409 Å². The minimum Gasteiger partial charge on any atom is -0.455 e. The van der Waals surface area contributed by atoms with Crippen LogP contribution in [0.3, 0.4) is 0 Å². The summed E-state index contributed by atoms with van der Waals surface area (Å²) in [4.78, 5) is 4.96. The van der Waals surface area contributed by atoms with E-state index >= 15 is 0 Å². The number of hydrogen-bond donors (Lipinski definition) is 0. The molecule has 2 heterocycles. The lowest BCUT2D eigenvalue weighted by Gasteiger charge is -2.36. The fourth-order valence-electron chi connectivity index (χ4n) is 17.7. The molecule has 0 radical (unpaired) electrons. The van der Waals surface area contributed by atoms with Crippen LogP contribution in [0.2, 0.25) is 0 Å². The third-order valence-corrected chi connectivity index (χ3v) is 27.9. The molecule has 4 nitrogen and oxygen atoms in total. The Labute approximate surface area is 639 Å². The quantitative estimate of drug-likeness (QED) is 0.0802. The SMILES string of the molecule is Cc1ccc(-c2cccc3c2oc2ccc(N(c4ccc(C(C)(C)C)cc4)c4ccc5c(c4)C(c4ccccc4)(c4ccccc4)c4cc(N(c6ccc(C(C)(C)C)cc6)c6ccc7oc8c(-c9ccc([Si](c%10ccccc%10)(c%10ccccc%10)c%10ccccc%10)cc9)cccc8c7c6)c6ccccc6c4-5)cc23)cc1. The van der Waals surface area contributed by atoms with E-state index in [2.05, 4.69) is 428 Å². The maximum atomic E-state index is 7.17. The second-order valence-electron chi connectivity index (χ2n) is 31.6. The molecular weight excluding hydrogens is 1340 g/mol. The topological polar surface area (TPSA) is 32.8 Å². The third kappa shape index (κ3) is 11.1. The van der Waals surface area contributed by atoms with Crippen molar-refractivity contribution in [1.82, 2.24) is 0 Å². The molecule has 109 heavy (non-hydrogen) atoms. The van der Waals surface area contributed by atoms with E-state index in [1.54, 1.807) is 0 Å². The van der Waals surface area contributed by atoms with Crippen molar-refractivity contribution in [2.45, 2.75) is 64.7 Å². The van der Waals surface area contributed by atoms with Crippen LogP contribution in [0.4, 0.5) is 34.1 Å². The Balaban J connectivity index is 0.799. The molecule has 0 fully saturated rings. The first-order chi connectivity index (χ1) is 53.2. The summed E-state index contributed by atoms with van der Waals surface area (Å²) < 4.78 is 14.1. The highest BCUT2D eigenvalue weighted by atomic mass is 28.3. The van der Waals surface area contributed by atoms with Gasteiger partial charge in [-0.05, 0) is 178 Å². The highest BCUT2D eigenvalue weighted by Gasteiger charge is 2.48. The average molecular weight is 1420 g/mol. The lowest BCUT2D eigenvalue weighted by atomic mass is 9.67. The minimum atomic E-state index is -2.76. The smallest absolute Gasteiger partial charge is 0.179 e. The Morgan fingerprint density at radius 3 is 1.15 bits per heavy atom. The highest BCUT2D eigenvalue weighted by Crippen LogP contribution is 2.61. The van der Waals surface area contributed by atoms with E-state index < -0.39 is 13.5 Å². The van der Waals surface area contributed by atoms with Crippen LogP contribution in [0.1, 0.15) is 80.5 Å². The van der Waals surface area contributed by atoms with Gasteiger partial charge >= 0.3 is 0 Å². The predicted octanol–water partition coefficient (Wildman–Crippen LogP) is 25.6. The van der Waals surface area contributed by atoms with Crippen molar-refractivity contribution >= 4 is 118 Å². The van der Waals surface area contributed by atoms with Gasteiger partial charge in [-0.1, -0.05) is 338 Å². The van der Waals surface area contributed by atoms with Crippen LogP contribution in [0.15, 0.2) is 379 Å². The van der Waals surface area contributed by atoms with Crippen molar-refractivity contribution < 1.29 is 8.83 Å². The first-order valence-electron chi connectivity index (χ1n) is 38.1. The molecule has 0 amide bonds. The van der Waals surface area contributed by atoms with Crippen LogP contribution in [0.5, 0.6) is 0 Å². The van der Waals surface area contributed by atoms with Gasteiger partial charge in [0.25, 0.3) is 0 Å². The molecule has 19 rings (SSSR count). The van der Waals surface area contributed by atoms with Gasteiger partial charge in [-0.25, -0.2) is 0 Å². The molecule has 0 N–H and O–H groups in total. The van der Waals surface area contributed by atoms with Crippen LogP contribution in [0, 0.1) is 6.92 Å². The summed E-state index contributed by atoms with van der Waals surface area (Å²) in [7, 11) is -2.76. The predicted molar refractivity (Wildman–Crippen MR) is 462 cm³/mol. The van der Waals surface area contributed by atoms with Gasteiger partial charge in [-0.2, -0.15) is 0 Å². The number of fused-ring (bicyclic) bond motifs is 11. The molecule has 0 spiro atoms. The molecule has 1 aliphatic carbocycles. The van der Waals surface area contributed by atoms with E-state index in [1.165, 1.54) is 76.2 Å². The second kappa shape index (κ2) is 26.3. The molecule has 2 aromatic heterocycles. The van der Waals surface area contributed by atoms with Crippen molar-refractivity contribution in [3.63, 3.8) is 0 Å². The average Bonchev–Trinajstić information content (AvgIpc) is 1.52. The summed E-state index contributed by atoms with van der Waals surface area (Å²) in [6.07, 6.45) is 0. The molecule has 0 bridgehead atoms. The second-order valence-corrected chi connectivity index (χ2v) is 35.4. The number of aryl methyl sites for hydroxylation is 1. The number of rotatable bonds is 14. The molecule has 0 saturated carbocycles. The fourth-order valence-corrected chi connectivity index (χ4v) is 22.5. The maximum Gasteiger partial charge on any atom is 0.179 e. The maximum absolute atomic E-state index is 7.17. The van der Waals surface area contributed by atoms with E-state index in [-0.39, 0.29) is 10.8 Å². The van der Waals surface area contributed by atoms with Crippen molar-refractivity contribution in [3.8, 4) is 33.4 Å². The Kier molecular flexibility index (Phi) is 16.1. The zero-order valence-electron chi connectivity index (χ0n) is 62.4. The number of nitrogens with zero attached hydrogens (tertiary/aromatic N) is 2. The van der Waals surface area contributed by atoms with Crippen LogP contribution < -0.4 is 30.5 Å². The van der Waals surface area contributed by atoms with Gasteiger partial charge in [0.15, 0.2) is 8.07 Å². The lowest BCUT2D eigenvalue weighted by molar-refractivity contribution is 0.590. The number of furan rings is 2. The molecule has 0 unspecified atom stereocenters. The Morgan fingerprint density at radius 2 is 0.670 bits per heavy atom. The molecule has 0 aliphatic heterocycles. The van der Waals surface area contributed by atoms with Crippen LogP contribution in [-0.2, 0) is 16.2 Å². The first kappa shape index (κ1) is 66.8. The number of benzene rings is 16. The van der Waals surface area contributed by atoms with E-state index in [9.17, 15) is 0 Å². The molecule has 0 atom stereocenters. The Bertz CT molecular complexity index is 6320. The largest absolute Gasteiger partial charge is 0.455 e. The number of anilines is 6. The summed E-state index contributed by atoms with van der Waals surface area (Å²) in [6, 6.07) is 138. The van der Waals surface area contributed by atoms with Gasteiger partial charge in [0, 0.05) is 66.5 Å². The monoisotopic (exact) mass is 1420 g/mol. The highest BCUT2D eigenvalue weighted by molar-refractivity contribution is 7.19. The van der Waals surface area contributed by atoms with Crippen molar-refractivity contribution in [1.29, 1.82) is 0 Å². The van der Waals surface area contributed by atoms with Crippen LogP contribution in [0.25, 0.3) is 88.0 Å². The summed E-state index contributed by atoms with van der Waals surface area (Å²) >= 11 is 0. The summed E-state index contributed by atoms with van der Waals surface area (Å²) in [5.41, 5.74) is 24.1. The lowest BCUT2D eigenvalue weighted by Crippen LogP contribution is -2.74. The Morgan fingerprint density at radius 1 is 0.284 bits per heavy atom. The molecule has 5 heteroatoms. The van der Waals surface area contributed by atoms with Crippen molar-refractivity contribution in [2.24, 2.45) is 0 Å². The summed E-state index contributed by atoms with van der Waals surface area (Å²) in [5, 5.41) is 11.9. The Hall–Kier alpha value is -12.8.